The molecule has 0 aromatic heterocycles. The monoisotopic (exact) mass is 349 g/mol. The molecule has 2 rings (SSSR count). The molecule has 1 aliphatic rings. The molecule has 1 heterocycles. The average molecular weight is 349 g/mol. The SMILES string of the molecule is CCN(CC)CCNC(=O)[C@H]1CCC(=O)N(C)[C@H]1c1ccccc1F. The van der Waals surface area contributed by atoms with Crippen molar-refractivity contribution in [1.29, 1.82) is 0 Å². The van der Waals surface area contributed by atoms with Crippen molar-refractivity contribution in [1.82, 2.24) is 15.1 Å². The van der Waals surface area contributed by atoms with E-state index in [1.807, 2.05) is 0 Å². The number of rotatable bonds is 7. The molecular weight excluding hydrogens is 321 g/mol. The first kappa shape index (κ1) is 19.4. The fourth-order valence-electron chi connectivity index (χ4n) is 3.46. The summed E-state index contributed by atoms with van der Waals surface area (Å²) in [5, 5.41) is 2.97. The molecule has 2 amide bonds. The Labute approximate surface area is 149 Å². The van der Waals surface area contributed by atoms with Gasteiger partial charge in [-0.1, -0.05) is 32.0 Å². The van der Waals surface area contributed by atoms with Crippen molar-refractivity contribution in [3.05, 3.63) is 35.6 Å². The van der Waals surface area contributed by atoms with Crippen molar-refractivity contribution in [3.8, 4) is 0 Å². The van der Waals surface area contributed by atoms with Crippen molar-refractivity contribution in [2.45, 2.75) is 32.7 Å². The Morgan fingerprint density at radius 2 is 2.00 bits per heavy atom. The maximum Gasteiger partial charge on any atom is 0.225 e. The second-order valence-corrected chi connectivity index (χ2v) is 6.43. The Kier molecular flexibility index (Phi) is 6.93. The van der Waals surface area contributed by atoms with Crippen LogP contribution in [0.3, 0.4) is 0 Å². The molecule has 138 valence electrons. The van der Waals surface area contributed by atoms with Crippen molar-refractivity contribution in [3.63, 3.8) is 0 Å². The summed E-state index contributed by atoms with van der Waals surface area (Å²) in [4.78, 5) is 28.6. The number of likely N-dealkylation sites (tertiary alicyclic amines) is 1. The number of nitrogens with zero attached hydrogens (tertiary/aromatic N) is 2. The third-order valence-electron chi connectivity index (χ3n) is 5.04. The molecule has 0 spiro atoms. The van der Waals surface area contributed by atoms with E-state index in [4.69, 9.17) is 0 Å². The number of amides is 2. The lowest BCUT2D eigenvalue weighted by Gasteiger charge is -2.38. The largest absolute Gasteiger partial charge is 0.354 e. The van der Waals surface area contributed by atoms with Gasteiger partial charge >= 0.3 is 0 Å². The number of nitrogens with one attached hydrogen (secondary N) is 1. The lowest BCUT2D eigenvalue weighted by molar-refractivity contribution is -0.141. The fourth-order valence-corrected chi connectivity index (χ4v) is 3.46. The second kappa shape index (κ2) is 8.94. The highest BCUT2D eigenvalue weighted by molar-refractivity contribution is 5.84. The van der Waals surface area contributed by atoms with Gasteiger partial charge in [0.15, 0.2) is 0 Å². The molecular formula is C19H28FN3O2. The molecule has 25 heavy (non-hydrogen) atoms. The summed E-state index contributed by atoms with van der Waals surface area (Å²) >= 11 is 0. The van der Waals surface area contributed by atoms with Crippen molar-refractivity contribution in [2.24, 2.45) is 5.92 Å². The first-order valence-electron chi connectivity index (χ1n) is 8.99. The van der Waals surface area contributed by atoms with Crippen LogP contribution in [0.25, 0.3) is 0 Å². The molecule has 0 unspecified atom stereocenters. The Bertz CT molecular complexity index is 604. The zero-order valence-corrected chi connectivity index (χ0v) is 15.3. The maximum atomic E-state index is 14.3. The normalized spacial score (nSPS) is 20.8. The summed E-state index contributed by atoms with van der Waals surface area (Å²) in [7, 11) is 1.65. The number of hydrogen-bond donors (Lipinski definition) is 1. The van der Waals surface area contributed by atoms with Crippen molar-refractivity contribution in [2.75, 3.05) is 33.2 Å². The summed E-state index contributed by atoms with van der Waals surface area (Å²) in [6.07, 6.45) is 0.759. The van der Waals surface area contributed by atoms with Crippen LogP contribution in [0, 0.1) is 11.7 Å². The Balaban J connectivity index is 2.12. The van der Waals surface area contributed by atoms with E-state index in [1.165, 1.54) is 11.0 Å². The molecule has 0 saturated carbocycles. The van der Waals surface area contributed by atoms with Gasteiger partial charge in [-0.2, -0.15) is 0 Å². The topological polar surface area (TPSA) is 52.7 Å². The van der Waals surface area contributed by atoms with Crippen LogP contribution in [-0.2, 0) is 9.59 Å². The van der Waals surface area contributed by atoms with Gasteiger partial charge in [-0.15, -0.1) is 0 Å². The zero-order chi connectivity index (χ0) is 18.4. The molecule has 1 saturated heterocycles. The van der Waals surface area contributed by atoms with Gasteiger partial charge in [0.2, 0.25) is 11.8 Å². The summed E-state index contributed by atoms with van der Waals surface area (Å²) in [6.45, 7) is 7.38. The van der Waals surface area contributed by atoms with Gasteiger partial charge in [0, 0.05) is 32.1 Å². The van der Waals surface area contributed by atoms with Gasteiger partial charge in [0.1, 0.15) is 5.82 Å². The van der Waals surface area contributed by atoms with Gasteiger partial charge < -0.3 is 15.1 Å². The first-order valence-corrected chi connectivity index (χ1v) is 8.99. The fraction of sp³-hybridized carbons (Fsp3) is 0.579. The molecule has 1 fully saturated rings. The van der Waals surface area contributed by atoms with E-state index in [1.54, 1.807) is 25.2 Å². The van der Waals surface area contributed by atoms with E-state index >= 15 is 0 Å². The summed E-state index contributed by atoms with van der Waals surface area (Å²) in [6, 6.07) is 5.82. The molecule has 5 nitrogen and oxygen atoms in total. The average Bonchev–Trinajstić information content (AvgIpc) is 2.61. The second-order valence-electron chi connectivity index (χ2n) is 6.43. The van der Waals surface area contributed by atoms with Crippen LogP contribution in [-0.4, -0.2) is 54.8 Å². The molecule has 2 atom stereocenters. The van der Waals surface area contributed by atoms with Crippen LogP contribution in [0.15, 0.2) is 24.3 Å². The number of carbonyl (C=O) groups excluding carboxylic acids is 2. The van der Waals surface area contributed by atoms with E-state index in [2.05, 4.69) is 24.1 Å². The highest BCUT2D eigenvalue weighted by atomic mass is 19.1. The van der Waals surface area contributed by atoms with Crippen LogP contribution >= 0.6 is 0 Å². The number of benzene rings is 1. The molecule has 0 aliphatic carbocycles. The van der Waals surface area contributed by atoms with Crippen molar-refractivity contribution < 1.29 is 14.0 Å². The third kappa shape index (κ3) is 4.57. The summed E-state index contributed by atoms with van der Waals surface area (Å²) < 4.78 is 14.3. The zero-order valence-electron chi connectivity index (χ0n) is 15.3. The molecule has 1 aromatic rings. The van der Waals surface area contributed by atoms with E-state index in [-0.39, 0.29) is 17.6 Å². The van der Waals surface area contributed by atoms with E-state index in [0.29, 0.717) is 24.9 Å². The predicted octanol–water partition coefficient (Wildman–Crippen LogP) is 2.19. The molecule has 1 aromatic carbocycles. The van der Waals surface area contributed by atoms with Gasteiger partial charge in [-0.05, 0) is 25.6 Å². The highest BCUT2D eigenvalue weighted by Gasteiger charge is 2.39. The van der Waals surface area contributed by atoms with Gasteiger partial charge in [0.05, 0.1) is 12.0 Å². The predicted molar refractivity (Wildman–Crippen MR) is 95.4 cm³/mol. The van der Waals surface area contributed by atoms with Crippen molar-refractivity contribution >= 4 is 11.8 Å². The standard InChI is InChI=1S/C19H28FN3O2/c1-4-23(5-2)13-12-21-19(25)15-10-11-17(24)22(3)18(15)14-8-6-7-9-16(14)20/h6-9,15,18H,4-5,10-13H2,1-3H3,(H,21,25)/t15-,18-/m0/s1. The molecule has 1 N–H and O–H groups in total. The number of carbonyl (C=O) groups is 2. The Hall–Kier alpha value is -1.95. The molecule has 0 bridgehead atoms. The van der Waals surface area contributed by atoms with Gasteiger partial charge in [0.25, 0.3) is 0 Å². The highest BCUT2D eigenvalue weighted by Crippen LogP contribution is 2.36. The van der Waals surface area contributed by atoms with E-state index in [0.717, 1.165) is 19.6 Å². The number of hydrogen-bond acceptors (Lipinski definition) is 3. The first-order chi connectivity index (χ1) is 12.0. The smallest absolute Gasteiger partial charge is 0.225 e. The Morgan fingerprint density at radius 1 is 1.32 bits per heavy atom. The Morgan fingerprint density at radius 3 is 2.64 bits per heavy atom. The number of likely N-dealkylation sites (N-methyl/N-ethyl adjacent to an activating group) is 1. The minimum Gasteiger partial charge on any atom is -0.354 e. The minimum absolute atomic E-state index is 0.0551. The molecule has 1 aliphatic heterocycles. The summed E-state index contributed by atoms with van der Waals surface area (Å²) in [5.41, 5.74) is 0.405. The molecule has 6 heteroatoms. The minimum atomic E-state index is -0.559. The molecule has 0 radical (unpaired) electrons. The van der Waals surface area contributed by atoms with Crippen LogP contribution in [0.5, 0.6) is 0 Å². The van der Waals surface area contributed by atoms with Gasteiger partial charge in [-0.3, -0.25) is 9.59 Å². The quantitative estimate of drug-likeness (QED) is 0.821. The van der Waals surface area contributed by atoms with Crippen LogP contribution in [0.2, 0.25) is 0 Å². The van der Waals surface area contributed by atoms with Crippen LogP contribution < -0.4 is 5.32 Å². The van der Waals surface area contributed by atoms with Crippen LogP contribution in [0.1, 0.15) is 38.3 Å². The van der Waals surface area contributed by atoms with Gasteiger partial charge in [-0.25, -0.2) is 4.39 Å². The lowest BCUT2D eigenvalue weighted by Crippen LogP contribution is -2.47. The van der Waals surface area contributed by atoms with E-state index in [9.17, 15) is 14.0 Å². The van der Waals surface area contributed by atoms with E-state index < -0.39 is 12.0 Å². The third-order valence-corrected chi connectivity index (χ3v) is 5.04. The summed E-state index contributed by atoms with van der Waals surface area (Å²) in [5.74, 6) is -0.980. The lowest BCUT2D eigenvalue weighted by atomic mass is 9.83. The number of piperidine rings is 1. The number of halogens is 1. The van der Waals surface area contributed by atoms with Crippen LogP contribution in [0.4, 0.5) is 4.39 Å². The maximum absolute atomic E-state index is 14.3.